The number of halogens is 1. The zero-order valence-corrected chi connectivity index (χ0v) is 12.2. The zero-order valence-electron chi connectivity index (χ0n) is 10.6. The van der Waals surface area contributed by atoms with Gasteiger partial charge in [0.1, 0.15) is 0 Å². The molecular weight excluding hydrogens is 290 g/mol. The van der Waals surface area contributed by atoms with E-state index >= 15 is 0 Å². The molecule has 1 fully saturated rings. The average Bonchev–Trinajstić information content (AvgIpc) is 2.62. The quantitative estimate of drug-likeness (QED) is 0.834. The molecule has 0 amide bonds. The summed E-state index contributed by atoms with van der Waals surface area (Å²) in [5, 5.41) is 7.03. The summed E-state index contributed by atoms with van der Waals surface area (Å²) in [5.41, 5.74) is 2.73. The van der Waals surface area contributed by atoms with Gasteiger partial charge < -0.3 is 10.6 Å². The Morgan fingerprint density at radius 2 is 2.06 bits per heavy atom. The van der Waals surface area contributed by atoms with Crippen molar-refractivity contribution in [1.29, 1.82) is 0 Å². The molecule has 1 saturated heterocycles. The highest BCUT2D eigenvalue weighted by atomic mass is 79.9. The van der Waals surface area contributed by atoms with Crippen LogP contribution < -0.4 is 10.6 Å². The van der Waals surface area contributed by atoms with Crippen molar-refractivity contribution in [2.45, 2.75) is 25.3 Å². The van der Waals surface area contributed by atoms with Crippen LogP contribution in [0, 0.1) is 0 Å². The average molecular weight is 310 g/mol. The summed E-state index contributed by atoms with van der Waals surface area (Å²) in [7, 11) is 0. The Hall–Kier alpha value is -0.580. The largest absolute Gasteiger partial charge is 0.372 e. The van der Waals surface area contributed by atoms with Crippen molar-refractivity contribution in [2.75, 3.05) is 31.6 Å². The van der Waals surface area contributed by atoms with Gasteiger partial charge in [0, 0.05) is 22.7 Å². The van der Waals surface area contributed by atoms with Crippen LogP contribution in [0.2, 0.25) is 0 Å². The fourth-order valence-corrected chi connectivity index (χ4v) is 3.36. The Morgan fingerprint density at radius 1 is 1.22 bits per heavy atom. The van der Waals surface area contributed by atoms with Crippen molar-refractivity contribution in [3.8, 4) is 0 Å². The van der Waals surface area contributed by atoms with E-state index in [1.54, 1.807) is 0 Å². The molecule has 0 radical (unpaired) electrons. The molecule has 2 aliphatic heterocycles. The first kappa shape index (κ1) is 12.5. The molecule has 18 heavy (non-hydrogen) atoms. The number of hydrogen-bond acceptors (Lipinski definition) is 3. The van der Waals surface area contributed by atoms with Crippen molar-refractivity contribution >= 4 is 21.6 Å². The molecule has 0 unspecified atom stereocenters. The Bertz CT molecular complexity index is 416. The van der Waals surface area contributed by atoms with Crippen molar-refractivity contribution in [3.63, 3.8) is 0 Å². The molecule has 3 rings (SSSR count). The van der Waals surface area contributed by atoms with E-state index in [0.29, 0.717) is 0 Å². The standard InChI is InChI=1S/C14H20BrN3/c15-12-1-2-14-11(9-12)5-8-18(10-17-14)13-3-6-16-7-4-13/h1-2,9,13,16-17H,3-8,10H2. The third-order valence-electron chi connectivity index (χ3n) is 4.03. The SMILES string of the molecule is Brc1ccc2c(c1)CCN(C1CCNCC1)CN2. The van der Waals surface area contributed by atoms with Gasteiger partial charge in [0.2, 0.25) is 0 Å². The maximum Gasteiger partial charge on any atom is 0.0680 e. The maximum atomic E-state index is 3.58. The van der Waals surface area contributed by atoms with Crippen LogP contribution in [0.25, 0.3) is 0 Å². The molecule has 4 heteroatoms. The fraction of sp³-hybridized carbons (Fsp3) is 0.571. The van der Waals surface area contributed by atoms with E-state index < -0.39 is 0 Å². The van der Waals surface area contributed by atoms with Gasteiger partial charge in [0.05, 0.1) is 6.67 Å². The lowest BCUT2D eigenvalue weighted by molar-refractivity contribution is 0.177. The van der Waals surface area contributed by atoms with E-state index in [4.69, 9.17) is 0 Å². The molecule has 0 aromatic heterocycles. The molecule has 1 aromatic carbocycles. The minimum atomic E-state index is 0.747. The van der Waals surface area contributed by atoms with Gasteiger partial charge in [0.15, 0.2) is 0 Å². The third-order valence-corrected chi connectivity index (χ3v) is 4.53. The second-order valence-corrected chi connectivity index (χ2v) is 6.10. The molecule has 0 spiro atoms. The number of nitrogens with one attached hydrogen (secondary N) is 2. The molecule has 0 saturated carbocycles. The summed E-state index contributed by atoms with van der Waals surface area (Å²) < 4.78 is 1.18. The molecule has 98 valence electrons. The minimum Gasteiger partial charge on any atom is -0.372 e. The summed E-state index contributed by atoms with van der Waals surface area (Å²) in [6, 6.07) is 7.29. The van der Waals surface area contributed by atoms with Crippen molar-refractivity contribution < 1.29 is 0 Å². The van der Waals surface area contributed by atoms with Gasteiger partial charge in [-0.25, -0.2) is 0 Å². The van der Waals surface area contributed by atoms with Crippen LogP contribution in [-0.2, 0) is 6.42 Å². The highest BCUT2D eigenvalue weighted by molar-refractivity contribution is 9.10. The van der Waals surface area contributed by atoms with Crippen LogP contribution in [0.3, 0.4) is 0 Å². The minimum absolute atomic E-state index is 0.747. The van der Waals surface area contributed by atoms with Crippen LogP contribution in [0.4, 0.5) is 5.69 Å². The van der Waals surface area contributed by atoms with E-state index in [0.717, 1.165) is 19.1 Å². The number of piperidine rings is 1. The first-order chi connectivity index (χ1) is 8.83. The Morgan fingerprint density at radius 3 is 2.89 bits per heavy atom. The summed E-state index contributed by atoms with van der Waals surface area (Å²) in [6.07, 6.45) is 3.70. The van der Waals surface area contributed by atoms with Gasteiger partial charge in [0.25, 0.3) is 0 Å². The van der Waals surface area contributed by atoms with Crippen molar-refractivity contribution in [1.82, 2.24) is 10.2 Å². The summed E-state index contributed by atoms with van der Waals surface area (Å²) >= 11 is 3.56. The van der Waals surface area contributed by atoms with Gasteiger partial charge >= 0.3 is 0 Å². The number of fused-ring (bicyclic) bond motifs is 1. The molecule has 0 aliphatic carbocycles. The maximum absolute atomic E-state index is 3.58. The van der Waals surface area contributed by atoms with E-state index in [1.807, 2.05) is 0 Å². The first-order valence-electron chi connectivity index (χ1n) is 6.80. The predicted molar refractivity (Wildman–Crippen MR) is 78.9 cm³/mol. The van der Waals surface area contributed by atoms with E-state index in [-0.39, 0.29) is 0 Å². The molecule has 2 aliphatic rings. The summed E-state index contributed by atoms with van der Waals surface area (Å²) in [6.45, 7) is 4.49. The number of hydrogen-bond donors (Lipinski definition) is 2. The molecule has 3 nitrogen and oxygen atoms in total. The van der Waals surface area contributed by atoms with E-state index in [9.17, 15) is 0 Å². The molecule has 1 aromatic rings. The van der Waals surface area contributed by atoms with Crippen LogP contribution in [-0.4, -0.2) is 37.2 Å². The third kappa shape index (κ3) is 2.71. The second-order valence-electron chi connectivity index (χ2n) is 5.18. The van der Waals surface area contributed by atoms with Crippen molar-refractivity contribution in [3.05, 3.63) is 28.2 Å². The predicted octanol–water partition coefficient (Wildman–Crippen LogP) is 2.43. The van der Waals surface area contributed by atoms with Gasteiger partial charge in [-0.3, -0.25) is 4.90 Å². The summed E-state index contributed by atoms with van der Waals surface area (Å²) in [4.78, 5) is 2.61. The van der Waals surface area contributed by atoms with Gasteiger partial charge in [-0.05, 0) is 56.1 Å². The van der Waals surface area contributed by atoms with Crippen LogP contribution in [0.5, 0.6) is 0 Å². The zero-order chi connectivity index (χ0) is 12.4. The molecule has 0 bridgehead atoms. The highest BCUT2D eigenvalue weighted by Gasteiger charge is 2.22. The van der Waals surface area contributed by atoms with E-state index in [2.05, 4.69) is 49.7 Å². The first-order valence-corrected chi connectivity index (χ1v) is 7.59. The smallest absolute Gasteiger partial charge is 0.0680 e. The lowest BCUT2D eigenvalue weighted by Crippen LogP contribution is -2.45. The van der Waals surface area contributed by atoms with E-state index in [1.165, 1.54) is 48.2 Å². The lowest BCUT2D eigenvalue weighted by Gasteiger charge is -2.33. The Labute approximate surface area is 117 Å². The number of benzene rings is 1. The van der Waals surface area contributed by atoms with Crippen LogP contribution >= 0.6 is 15.9 Å². The molecule has 2 heterocycles. The summed E-state index contributed by atoms with van der Waals surface area (Å²) in [5.74, 6) is 0. The van der Waals surface area contributed by atoms with Crippen LogP contribution in [0.1, 0.15) is 18.4 Å². The molecule has 0 atom stereocenters. The van der Waals surface area contributed by atoms with Gasteiger partial charge in [-0.1, -0.05) is 15.9 Å². The molecule has 2 N–H and O–H groups in total. The molecular formula is C14H20BrN3. The van der Waals surface area contributed by atoms with Crippen LogP contribution in [0.15, 0.2) is 22.7 Å². The number of nitrogens with zero attached hydrogens (tertiary/aromatic N) is 1. The number of anilines is 1. The van der Waals surface area contributed by atoms with Gasteiger partial charge in [-0.15, -0.1) is 0 Å². The Kier molecular flexibility index (Phi) is 3.87. The normalized spacial score (nSPS) is 22.1. The highest BCUT2D eigenvalue weighted by Crippen LogP contribution is 2.25. The van der Waals surface area contributed by atoms with Gasteiger partial charge in [-0.2, -0.15) is 0 Å². The monoisotopic (exact) mass is 309 g/mol. The number of rotatable bonds is 1. The fourth-order valence-electron chi connectivity index (χ4n) is 2.95. The Balaban J connectivity index is 1.70. The lowest BCUT2D eigenvalue weighted by atomic mass is 10.0. The topological polar surface area (TPSA) is 27.3 Å². The van der Waals surface area contributed by atoms with Crippen molar-refractivity contribution in [2.24, 2.45) is 0 Å². The second kappa shape index (κ2) is 5.59.